The average molecular weight is 343 g/mol. The molecule has 1 aliphatic heterocycles. The molecule has 2 N–H and O–H groups in total. The predicted molar refractivity (Wildman–Crippen MR) is 93.7 cm³/mol. The predicted octanol–water partition coefficient (Wildman–Crippen LogP) is 2.61. The molecular weight excluding hydrogens is 316 g/mol. The largest absolute Gasteiger partial charge is 0.493 e. The van der Waals surface area contributed by atoms with E-state index in [1.165, 1.54) is 0 Å². The number of ether oxygens (including phenoxy) is 2. The highest BCUT2D eigenvalue weighted by molar-refractivity contribution is 5.85. The summed E-state index contributed by atoms with van der Waals surface area (Å²) in [6.07, 6.45) is 1.81. The van der Waals surface area contributed by atoms with Crippen LogP contribution in [0.3, 0.4) is 0 Å². The summed E-state index contributed by atoms with van der Waals surface area (Å²) < 4.78 is 10.7. The lowest BCUT2D eigenvalue weighted by atomic mass is 9.95. The van der Waals surface area contributed by atoms with Crippen LogP contribution in [-0.2, 0) is 4.79 Å². The number of hydrogen-bond acceptors (Lipinski definition) is 4. The molecule has 1 aromatic carbocycles. The Labute approximate surface area is 144 Å². The zero-order valence-corrected chi connectivity index (χ0v) is 15.1. The molecule has 1 amide bonds. The monoisotopic (exact) mass is 342 g/mol. The maximum atomic E-state index is 12.4. The number of piperidine rings is 1. The first-order chi connectivity index (χ1) is 10.6. The van der Waals surface area contributed by atoms with Crippen molar-refractivity contribution in [3.05, 3.63) is 23.3 Å². The molecule has 1 aromatic rings. The van der Waals surface area contributed by atoms with Crippen molar-refractivity contribution in [2.75, 3.05) is 27.3 Å². The van der Waals surface area contributed by atoms with Crippen LogP contribution >= 0.6 is 12.4 Å². The number of aryl methyl sites for hydroxylation is 1. The zero-order valence-electron chi connectivity index (χ0n) is 14.3. The Morgan fingerprint density at radius 1 is 1.22 bits per heavy atom. The number of rotatable bonds is 5. The summed E-state index contributed by atoms with van der Waals surface area (Å²) >= 11 is 0. The van der Waals surface area contributed by atoms with Crippen LogP contribution in [0.25, 0.3) is 0 Å². The Hall–Kier alpha value is -1.46. The van der Waals surface area contributed by atoms with E-state index in [1.807, 2.05) is 26.0 Å². The van der Waals surface area contributed by atoms with Crippen molar-refractivity contribution >= 4 is 18.3 Å². The van der Waals surface area contributed by atoms with E-state index < -0.39 is 0 Å². The normalized spacial score (nSPS) is 16.2. The Kier molecular flexibility index (Phi) is 7.65. The van der Waals surface area contributed by atoms with Crippen molar-refractivity contribution in [3.8, 4) is 11.5 Å². The van der Waals surface area contributed by atoms with Gasteiger partial charge in [-0.25, -0.2) is 0 Å². The molecule has 1 fully saturated rings. The van der Waals surface area contributed by atoms with Crippen molar-refractivity contribution in [2.24, 2.45) is 5.92 Å². The first kappa shape index (κ1) is 19.6. The van der Waals surface area contributed by atoms with E-state index in [0.717, 1.165) is 37.1 Å². The summed E-state index contributed by atoms with van der Waals surface area (Å²) in [7, 11) is 3.24. The Morgan fingerprint density at radius 3 is 2.35 bits per heavy atom. The lowest BCUT2D eigenvalue weighted by molar-refractivity contribution is -0.126. The van der Waals surface area contributed by atoms with E-state index in [4.69, 9.17) is 9.47 Å². The maximum absolute atomic E-state index is 12.4. The van der Waals surface area contributed by atoms with Crippen LogP contribution in [0.5, 0.6) is 11.5 Å². The number of halogens is 1. The molecule has 6 heteroatoms. The van der Waals surface area contributed by atoms with Gasteiger partial charge in [0.2, 0.25) is 5.91 Å². The van der Waals surface area contributed by atoms with E-state index in [1.54, 1.807) is 14.2 Å². The molecule has 130 valence electrons. The number of amides is 1. The fraction of sp³-hybridized carbons (Fsp3) is 0.588. The number of benzene rings is 1. The second-order valence-corrected chi connectivity index (χ2v) is 5.82. The number of carbonyl (C=O) groups excluding carboxylic acids is 1. The highest BCUT2D eigenvalue weighted by Crippen LogP contribution is 2.33. The van der Waals surface area contributed by atoms with Gasteiger partial charge in [-0.3, -0.25) is 4.79 Å². The molecule has 1 unspecified atom stereocenters. The van der Waals surface area contributed by atoms with Gasteiger partial charge in [-0.1, -0.05) is 0 Å². The van der Waals surface area contributed by atoms with Crippen LogP contribution in [0.15, 0.2) is 12.1 Å². The third kappa shape index (κ3) is 4.75. The summed E-state index contributed by atoms with van der Waals surface area (Å²) in [5.74, 6) is 1.65. The summed E-state index contributed by atoms with van der Waals surface area (Å²) in [6, 6.07) is 3.84. The number of hydrogen-bond donors (Lipinski definition) is 2. The van der Waals surface area contributed by atoms with Gasteiger partial charge in [-0.05, 0) is 63.0 Å². The van der Waals surface area contributed by atoms with Crippen molar-refractivity contribution in [3.63, 3.8) is 0 Å². The molecule has 2 rings (SSSR count). The quantitative estimate of drug-likeness (QED) is 0.863. The molecule has 0 spiro atoms. The second kappa shape index (κ2) is 8.99. The summed E-state index contributed by atoms with van der Waals surface area (Å²) in [5, 5.41) is 6.41. The second-order valence-electron chi connectivity index (χ2n) is 5.82. The fourth-order valence-electron chi connectivity index (χ4n) is 2.96. The topological polar surface area (TPSA) is 59.6 Å². The SMILES string of the molecule is COc1cc(C)c(C(C)NC(=O)C2CCNCC2)cc1OC.Cl. The summed E-state index contributed by atoms with van der Waals surface area (Å²) in [4.78, 5) is 12.4. The number of methoxy groups -OCH3 is 2. The highest BCUT2D eigenvalue weighted by atomic mass is 35.5. The van der Waals surface area contributed by atoms with Gasteiger partial charge in [0.15, 0.2) is 11.5 Å². The molecule has 5 nitrogen and oxygen atoms in total. The van der Waals surface area contributed by atoms with Gasteiger partial charge in [0.05, 0.1) is 20.3 Å². The average Bonchev–Trinajstić information content (AvgIpc) is 2.55. The van der Waals surface area contributed by atoms with Crippen molar-refractivity contribution in [1.29, 1.82) is 0 Å². The molecule has 0 bridgehead atoms. The van der Waals surface area contributed by atoms with Crippen molar-refractivity contribution in [2.45, 2.75) is 32.7 Å². The molecule has 1 atom stereocenters. The van der Waals surface area contributed by atoms with E-state index in [2.05, 4.69) is 10.6 Å². The third-order valence-electron chi connectivity index (χ3n) is 4.31. The molecule has 0 aliphatic carbocycles. The fourth-order valence-corrected chi connectivity index (χ4v) is 2.96. The number of carbonyl (C=O) groups is 1. The summed E-state index contributed by atoms with van der Waals surface area (Å²) in [5.41, 5.74) is 2.13. The highest BCUT2D eigenvalue weighted by Gasteiger charge is 2.23. The van der Waals surface area contributed by atoms with Crippen LogP contribution < -0.4 is 20.1 Å². The Balaban J connectivity index is 0.00000264. The molecule has 0 radical (unpaired) electrons. The van der Waals surface area contributed by atoms with Crippen LogP contribution in [-0.4, -0.2) is 33.2 Å². The van der Waals surface area contributed by atoms with Crippen molar-refractivity contribution in [1.82, 2.24) is 10.6 Å². The van der Waals surface area contributed by atoms with E-state index in [0.29, 0.717) is 11.5 Å². The lowest BCUT2D eigenvalue weighted by Gasteiger charge is -2.25. The van der Waals surface area contributed by atoms with Gasteiger partial charge in [-0.15, -0.1) is 12.4 Å². The van der Waals surface area contributed by atoms with E-state index in [-0.39, 0.29) is 30.3 Å². The molecule has 1 saturated heterocycles. The maximum Gasteiger partial charge on any atom is 0.223 e. The Bertz CT molecular complexity index is 531. The summed E-state index contributed by atoms with van der Waals surface area (Å²) in [6.45, 7) is 5.86. The molecule has 0 aromatic heterocycles. The van der Waals surface area contributed by atoms with Gasteiger partial charge >= 0.3 is 0 Å². The smallest absolute Gasteiger partial charge is 0.223 e. The van der Waals surface area contributed by atoms with Gasteiger partial charge in [0.25, 0.3) is 0 Å². The number of nitrogens with one attached hydrogen (secondary N) is 2. The first-order valence-electron chi connectivity index (χ1n) is 7.80. The van der Waals surface area contributed by atoms with Crippen LogP contribution in [0.2, 0.25) is 0 Å². The van der Waals surface area contributed by atoms with Gasteiger partial charge in [0, 0.05) is 5.92 Å². The minimum Gasteiger partial charge on any atom is -0.493 e. The molecule has 0 saturated carbocycles. The van der Waals surface area contributed by atoms with Crippen LogP contribution in [0.4, 0.5) is 0 Å². The third-order valence-corrected chi connectivity index (χ3v) is 4.31. The van der Waals surface area contributed by atoms with E-state index >= 15 is 0 Å². The molecule has 23 heavy (non-hydrogen) atoms. The van der Waals surface area contributed by atoms with Crippen molar-refractivity contribution < 1.29 is 14.3 Å². The zero-order chi connectivity index (χ0) is 16.1. The molecular formula is C17H27ClN2O3. The standard InChI is InChI=1S/C17H26N2O3.ClH/c1-11-9-15(21-3)16(22-4)10-14(11)12(2)19-17(20)13-5-7-18-8-6-13;/h9-10,12-13,18H,5-8H2,1-4H3,(H,19,20);1H. The Morgan fingerprint density at radius 2 is 1.78 bits per heavy atom. The molecule has 1 heterocycles. The minimum absolute atomic E-state index is 0. The van der Waals surface area contributed by atoms with Gasteiger partial charge in [-0.2, -0.15) is 0 Å². The first-order valence-corrected chi connectivity index (χ1v) is 7.80. The van der Waals surface area contributed by atoms with Crippen LogP contribution in [0.1, 0.15) is 36.9 Å². The van der Waals surface area contributed by atoms with Crippen LogP contribution in [0, 0.1) is 12.8 Å². The lowest BCUT2D eigenvalue weighted by Crippen LogP contribution is -2.39. The van der Waals surface area contributed by atoms with Gasteiger partial charge in [0.1, 0.15) is 0 Å². The van der Waals surface area contributed by atoms with E-state index in [9.17, 15) is 4.79 Å². The minimum atomic E-state index is -0.0535. The molecule has 1 aliphatic rings. The van der Waals surface area contributed by atoms with Gasteiger partial charge < -0.3 is 20.1 Å².